The highest BCUT2D eigenvalue weighted by Crippen LogP contribution is 2.16. The maximum Gasteiger partial charge on any atom is 0.236 e. The Morgan fingerprint density at radius 1 is 1.53 bits per heavy atom. The molecule has 0 fully saturated rings. The predicted molar refractivity (Wildman–Crippen MR) is 58.2 cm³/mol. The van der Waals surface area contributed by atoms with Gasteiger partial charge in [-0.25, -0.2) is 0 Å². The lowest BCUT2D eigenvalue weighted by molar-refractivity contribution is -0.129. The minimum atomic E-state index is -0.197. The fraction of sp³-hybridized carbons (Fsp3) is 0.273. The number of carbonyl (C=O) groups is 1. The number of nitriles is 1. The van der Waals surface area contributed by atoms with Crippen LogP contribution in [0.25, 0.3) is 0 Å². The van der Waals surface area contributed by atoms with Crippen molar-refractivity contribution in [3.05, 3.63) is 34.9 Å². The van der Waals surface area contributed by atoms with Crippen molar-refractivity contribution in [3.63, 3.8) is 0 Å². The zero-order chi connectivity index (χ0) is 11.3. The average molecular weight is 223 g/mol. The van der Waals surface area contributed by atoms with Gasteiger partial charge in [-0.1, -0.05) is 29.8 Å². The van der Waals surface area contributed by atoms with E-state index >= 15 is 0 Å². The summed E-state index contributed by atoms with van der Waals surface area (Å²) in [6.45, 7) is 0.431. The number of benzene rings is 1. The van der Waals surface area contributed by atoms with Crippen molar-refractivity contribution in [2.75, 3.05) is 7.05 Å². The first kappa shape index (κ1) is 11.5. The summed E-state index contributed by atoms with van der Waals surface area (Å²) in [5.41, 5.74) is 0.882. The second kappa shape index (κ2) is 5.38. The quantitative estimate of drug-likeness (QED) is 0.787. The summed E-state index contributed by atoms with van der Waals surface area (Å²) in [4.78, 5) is 12.8. The summed E-state index contributed by atoms with van der Waals surface area (Å²) in [7, 11) is 1.66. The molecule has 4 heteroatoms. The highest BCUT2D eigenvalue weighted by Gasteiger charge is 2.09. The third-order valence-electron chi connectivity index (χ3n) is 2.02. The molecule has 0 aromatic heterocycles. The van der Waals surface area contributed by atoms with Gasteiger partial charge in [-0.15, -0.1) is 0 Å². The van der Waals surface area contributed by atoms with E-state index in [0.29, 0.717) is 11.6 Å². The summed E-state index contributed by atoms with van der Waals surface area (Å²) < 4.78 is 0. The Hall–Kier alpha value is -1.53. The molecule has 0 aliphatic rings. The standard InChI is InChI=1S/C11H11ClN2O/c1-14(11(15)6-7-13)8-9-4-2-3-5-10(9)12/h2-5H,6,8H2,1H3. The fourth-order valence-electron chi connectivity index (χ4n) is 1.17. The minimum Gasteiger partial charge on any atom is -0.340 e. The van der Waals surface area contributed by atoms with Crippen LogP contribution in [0, 0.1) is 11.3 Å². The van der Waals surface area contributed by atoms with Crippen LogP contribution in [0.4, 0.5) is 0 Å². The molecule has 0 aliphatic heterocycles. The topological polar surface area (TPSA) is 44.1 Å². The second-order valence-electron chi connectivity index (χ2n) is 3.18. The molecule has 0 aliphatic carbocycles. The van der Waals surface area contributed by atoms with Crippen LogP contribution in [0.15, 0.2) is 24.3 Å². The summed E-state index contributed by atoms with van der Waals surface area (Å²) >= 11 is 5.95. The molecule has 0 saturated heterocycles. The molecule has 1 amide bonds. The Balaban J connectivity index is 2.67. The molecule has 3 nitrogen and oxygen atoms in total. The maximum absolute atomic E-state index is 11.3. The third kappa shape index (κ3) is 3.26. The van der Waals surface area contributed by atoms with Gasteiger partial charge < -0.3 is 4.90 Å². The van der Waals surface area contributed by atoms with Crippen LogP contribution in [0.1, 0.15) is 12.0 Å². The lowest BCUT2D eigenvalue weighted by Gasteiger charge is -2.16. The minimum absolute atomic E-state index is 0.0963. The maximum atomic E-state index is 11.3. The van der Waals surface area contributed by atoms with Gasteiger partial charge in [0.1, 0.15) is 6.42 Å². The lowest BCUT2D eigenvalue weighted by atomic mass is 10.2. The molecule has 0 saturated carbocycles. The molecule has 1 aromatic rings. The van der Waals surface area contributed by atoms with E-state index < -0.39 is 0 Å². The molecule has 1 rings (SSSR count). The summed E-state index contributed by atoms with van der Waals surface area (Å²) in [5, 5.41) is 9.02. The Bertz CT molecular complexity index is 398. The van der Waals surface area contributed by atoms with Crippen molar-refractivity contribution >= 4 is 17.5 Å². The van der Waals surface area contributed by atoms with Crippen molar-refractivity contribution in [3.8, 4) is 6.07 Å². The molecule has 0 heterocycles. The largest absolute Gasteiger partial charge is 0.340 e. The number of hydrogen-bond acceptors (Lipinski definition) is 2. The number of rotatable bonds is 3. The molecule has 0 spiro atoms. The molecule has 0 N–H and O–H groups in total. The van der Waals surface area contributed by atoms with E-state index in [-0.39, 0.29) is 12.3 Å². The number of amides is 1. The van der Waals surface area contributed by atoms with Crippen molar-refractivity contribution in [1.29, 1.82) is 5.26 Å². The van der Waals surface area contributed by atoms with Crippen molar-refractivity contribution < 1.29 is 4.79 Å². The van der Waals surface area contributed by atoms with Gasteiger partial charge in [0.15, 0.2) is 0 Å². The Kier molecular flexibility index (Phi) is 4.14. The predicted octanol–water partition coefficient (Wildman–Crippen LogP) is 2.21. The van der Waals surface area contributed by atoms with E-state index in [1.807, 2.05) is 24.3 Å². The Morgan fingerprint density at radius 2 is 2.20 bits per heavy atom. The van der Waals surface area contributed by atoms with Crippen molar-refractivity contribution in [2.45, 2.75) is 13.0 Å². The van der Waals surface area contributed by atoms with Gasteiger partial charge in [-0.05, 0) is 11.6 Å². The highest BCUT2D eigenvalue weighted by molar-refractivity contribution is 6.31. The van der Waals surface area contributed by atoms with Gasteiger partial charge in [-0.2, -0.15) is 5.26 Å². The van der Waals surface area contributed by atoms with Gasteiger partial charge in [0.25, 0.3) is 0 Å². The molecule has 0 unspecified atom stereocenters. The highest BCUT2D eigenvalue weighted by atomic mass is 35.5. The number of hydrogen-bond donors (Lipinski definition) is 0. The van der Waals surface area contributed by atoms with Gasteiger partial charge in [0.05, 0.1) is 6.07 Å². The van der Waals surface area contributed by atoms with E-state index in [0.717, 1.165) is 5.56 Å². The average Bonchev–Trinajstić information content (AvgIpc) is 2.21. The first-order chi connectivity index (χ1) is 7.15. The van der Waals surface area contributed by atoms with E-state index in [1.165, 1.54) is 4.90 Å². The third-order valence-corrected chi connectivity index (χ3v) is 2.39. The fourth-order valence-corrected chi connectivity index (χ4v) is 1.37. The first-order valence-electron chi connectivity index (χ1n) is 4.49. The van der Waals surface area contributed by atoms with E-state index in [4.69, 9.17) is 16.9 Å². The summed E-state index contributed by atoms with van der Waals surface area (Å²) in [6.07, 6.45) is -0.0963. The number of carbonyl (C=O) groups excluding carboxylic acids is 1. The van der Waals surface area contributed by atoms with Gasteiger partial charge in [-0.3, -0.25) is 4.79 Å². The van der Waals surface area contributed by atoms with Crippen LogP contribution in [0.2, 0.25) is 5.02 Å². The first-order valence-corrected chi connectivity index (χ1v) is 4.87. The summed E-state index contributed by atoms with van der Waals surface area (Å²) in [6, 6.07) is 9.16. The van der Waals surface area contributed by atoms with Gasteiger partial charge in [0.2, 0.25) is 5.91 Å². The molecule has 15 heavy (non-hydrogen) atoms. The summed E-state index contributed by atoms with van der Waals surface area (Å²) in [5.74, 6) is -0.197. The van der Waals surface area contributed by atoms with Crippen LogP contribution in [-0.4, -0.2) is 17.9 Å². The van der Waals surface area contributed by atoms with Crippen LogP contribution >= 0.6 is 11.6 Å². The lowest BCUT2D eigenvalue weighted by Crippen LogP contribution is -2.25. The Morgan fingerprint density at radius 3 is 2.80 bits per heavy atom. The Labute approximate surface area is 93.9 Å². The number of nitrogens with zero attached hydrogens (tertiary/aromatic N) is 2. The molecule has 78 valence electrons. The van der Waals surface area contributed by atoms with Gasteiger partial charge in [0, 0.05) is 18.6 Å². The van der Waals surface area contributed by atoms with Crippen LogP contribution < -0.4 is 0 Å². The van der Waals surface area contributed by atoms with E-state index in [2.05, 4.69) is 0 Å². The zero-order valence-electron chi connectivity index (χ0n) is 8.40. The number of halogens is 1. The smallest absolute Gasteiger partial charge is 0.236 e. The van der Waals surface area contributed by atoms with Crippen LogP contribution in [-0.2, 0) is 11.3 Å². The van der Waals surface area contributed by atoms with Crippen molar-refractivity contribution in [2.24, 2.45) is 0 Å². The molecular formula is C11H11ClN2O. The molecule has 0 bridgehead atoms. The molecule has 1 aromatic carbocycles. The van der Waals surface area contributed by atoms with Crippen LogP contribution in [0.5, 0.6) is 0 Å². The van der Waals surface area contributed by atoms with Gasteiger partial charge >= 0.3 is 0 Å². The van der Waals surface area contributed by atoms with Crippen molar-refractivity contribution in [1.82, 2.24) is 4.90 Å². The monoisotopic (exact) mass is 222 g/mol. The second-order valence-corrected chi connectivity index (χ2v) is 3.58. The molecule has 0 radical (unpaired) electrons. The van der Waals surface area contributed by atoms with E-state index in [9.17, 15) is 4.79 Å². The van der Waals surface area contributed by atoms with Crippen LogP contribution in [0.3, 0.4) is 0 Å². The normalized spacial score (nSPS) is 9.40. The SMILES string of the molecule is CN(Cc1ccccc1Cl)C(=O)CC#N. The zero-order valence-corrected chi connectivity index (χ0v) is 9.16. The van der Waals surface area contributed by atoms with E-state index in [1.54, 1.807) is 13.1 Å². The molecular weight excluding hydrogens is 212 g/mol. The molecule has 0 atom stereocenters.